The maximum absolute atomic E-state index is 14.3. The molecule has 5 nitrogen and oxygen atoms in total. The number of ether oxygens (including phenoxy) is 1. The lowest BCUT2D eigenvalue weighted by molar-refractivity contribution is -0.125. The van der Waals surface area contributed by atoms with Crippen LogP contribution in [0.3, 0.4) is 0 Å². The van der Waals surface area contributed by atoms with Crippen molar-refractivity contribution in [3.05, 3.63) is 58.3 Å². The maximum Gasteiger partial charge on any atom is 0.235 e. The second-order valence-corrected chi connectivity index (χ2v) is 7.45. The number of hydrogen-bond acceptors (Lipinski definition) is 3. The van der Waals surface area contributed by atoms with E-state index in [1.54, 1.807) is 0 Å². The highest BCUT2D eigenvalue weighted by atomic mass is 79.9. The van der Waals surface area contributed by atoms with Crippen molar-refractivity contribution in [2.45, 2.75) is 25.2 Å². The van der Waals surface area contributed by atoms with E-state index in [1.165, 1.54) is 25.1 Å². The van der Waals surface area contributed by atoms with E-state index in [9.17, 15) is 14.0 Å². The van der Waals surface area contributed by atoms with Gasteiger partial charge in [-0.05, 0) is 48.7 Å². The van der Waals surface area contributed by atoms with Gasteiger partial charge >= 0.3 is 0 Å². The summed E-state index contributed by atoms with van der Waals surface area (Å²) in [4.78, 5) is 24.5. The van der Waals surface area contributed by atoms with Crippen LogP contribution >= 0.6 is 15.9 Å². The number of carbonyl (C=O) groups excluding carboxylic acids is 2. The molecule has 2 amide bonds. The number of hydrogen-bond donors (Lipinski definition) is 2. The molecule has 1 saturated heterocycles. The Bertz CT molecular complexity index is 849. The van der Waals surface area contributed by atoms with Crippen LogP contribution in [0, 0.1) is 5.82 Å². The molecule has 0 unspecified atom stereocenters. The van der Waals surface area contributed by atoms with Gasteiger partial charge in [0, 0.05) is 30.3 Å². The zero-order valence-corrected chi connectivity index (χ0v) is 16.4. The first-order valence-corrected chi connectivity index (χ1v) is 9.42. The van der Waals surface area contributed by atoms with E-state index < -0.39 is 11.2 Å². The molecule has 7 heteroatoms. The second kappa shape index (κ2) is 8.19. The van der Waals surface area contributed by atoms with E-state index in [1.807, 2.05) is 24.3 Å². The average molecular weight is 435 g/mol. The fourth-order valence-corrected chi connectivity index (χ4v) is 3.54. The quantitative estimate of drug-likeness (QED) is 0.756. The molecule has 2 N–H and O–H groups in total. The number of benzene rings is 2. The van der Waals surface area contributed by atoms with Crippen LogP contribution in [0.15, 0.2) is 46.9 Å². The van der Waals surface area contributed by atoms with Crippen molar-refractivity contribution < 1.29 is 18.7 Å². The Morgan fingerprint density at radius 3 is 2.37 bits per heavy atom. The molecule has 3 rings (SSSR count). The van der Waals surface area contributed by atoms with Crippen molar-refractivity contribution in [2.24, 2.45) is 0 Å². The summed E-state index contributed by atoms with van der Waals surface area (Å²) in [7, 11) is 0. The number of halogens is 2. The molecule has 0 saturated carbocycles. The first-order valence-electron chi connectivity index (χ1n) is 8.63. The second-order valence-electron chi connectivity index (χ2n) is 6.53. The molecule has 0 bridgehead atoms. The minimum absolute atomic E-state index is 0.0363. The van der Waals surface area contributed by atoms with E-state index in [2.05, 4.69) is 26.6 Å². The summed E-state index contributed by atoms with van der Waals surface area (Å²) in [5, 5.41) is 5.31. The molecule has 27 heavy (non-hydrogen) atoms. The zero-order chi connectivity index (χ0) is 19.4. The topological polar surface area (TPSA) is 67.4 Å². The Kier molecular flexibility index (Phi) is 5.92. The minimum atomic E-state index is -0.796. The Labute approximate surface area is 165 Å². The van der Waals surface area contributed by atoms with Crippen LogP contribution in [0.1, 0.15) is 25.3 Å². The van der Waals surface area contributed by atoms with Crippen LogP contribution in [0.5, 0.6) is 0 Å². The van der Waals surface area contributed by atoms with Gasteiger partial charge in [-0.3, -0.25) is 9.59 Å². The summed E-state index contributed by atoms with van der Waals surface area (Å²) in [5.41, 5.74) is 0.526. The van der Waals surface area contributed by atoms with Crippen molar-refractivity contribution in [3.63, 3.8) is 0 Å². The minimum Gasteiger partial charge on any atom is -0.381 e. The van der Waals surface area contributed by atoms with Crippen LogP contribution in [-0.2, 0) is 19.7 Å². The summed E-state index contributed by atoms with van der Waals surface area (Å²) in [5.74, 6) is -1.11. The largest absolute Gasteiger partial charge is 0.381 e. The van der Waals surface area contributed by atoms with E-state index in [-0.39, 0.29) is 17.5 Å². The number of nitrogens with one attached hydrogen (secondary N) is 2. The molecule has 1 fully saturated rings. The molecule has 1 aliphatic heterocycles. The van der Waals surface area contributed by atoms with Gasteiger partial charge in [-0.1, -0.05) is 28.1 Å². The van der Waals surface area contributed by atoms with E-state index in [0.717, 1.165) is 10.0 Å². The smallest absolute Gasteiger partial charge is 0.235 e. The monoisotopic (exact) mass is 434 g/mol. The summed E-state index contributed by atoms with van der Waals surface area (Å²) in [6, 6.07) is 11.7. The number of carbonyl (C=O) groups is 2. The van der Waals surface area contributed by atoms with Crippen LogP contribution in [-0.4, -0.2) is 25.0 Å². The van der Waals surface area contributed by atoms with Crippen molar-refractivity contribution in [1.29, 1.82) is 0 Å². The van der Waals surface area contributed by atoms with Crippen molar-refractivity contribution in [3.8, 4) is 0 Å². The lowest BCUT2D eigenvalue weighted by atomic mass is 9.73. The molecular weight excluding hydrogens is 415 g/mol. The highest BCUT2D eigenvalue weighted by Gasteiger charge is 2.42. The van der Waals surface area contributed by atoms with Gasteiger partial charge in [0.1, 0.15) is 5.82 Å². The van der Waals surface area contributed by atoms with Gasteiger partial charge < -0.3 is 15.4 Å². The molecule has 0 aromatic heterocycles. The van der Waals surface area contributed by atoms with Gasteiger partial charge in [0.25, 0.3) is 0 Å². The van der Waals surface area contributed by atoms with Gasteiger partial charge in [-0.15, -0.1) is 0 Å². The maximum atomic E-state index is 14.3. The number of amides is 2. The van der Waals surface area contributed by atoms with E-state index in [4.69, 9.17) is 4.74 Å². The van der Waals surface area contributed by atoms with Crippen LogP contribution in [0.4, 0.5) is 15.8 Å². The molecule has 2 aromatic carbocycles. The molecule has 2 aromatic rings. The normalized spacial score (nSPS) is 15.8. The molecule has 1 heterocycles. The Morgan fingerprint density at radius 1 is 1.07 bits per heavy atom. The average Bonchev–Trinajstić information content (AvgIpc) is 2.65. The fourth-order valence-electron chi connectivity index (χ4n) is 3.28. The molecule has 1 aliphatic rings. The molecule has 0 radical (unpaired) electrons. The summed E-state index contributed by atoms with van der Waals surface area (Å²) in [6.45, 7) is 2.28. The van der Waals surface area contributed by atoms with Gasteiger partial charge in [-0.25, -0.2) is 4.39 Å². The van der Waals surface area contributed by atoms with E-state index in [0.29, 0.717) is 31.7 Å². The summed E-state index contributed by atoms with van der Waals surface area (Å²) >= 11 is 3.41. The predicted octanol–water partition coefficient (Wildman–Crippen LogP) is 4.23. The van der Waals surface area contributed by atoms with Gasteiger partial charge in [0.15, 0.2) is 0 Å². The lowest BCUT2D eigenvalue weighted by Crippen LogP contribution is -2.45. The van der Waals surface area contributed by atoms with Crippen molar-refractivity contribution >= 4 is 39.1 Å². The Morgan fingerprint density at radius 2 is 1.74 bits per heavy atom. The van der Waals surface area contributed by atoms with E-state index >= 15 is 0 Å². The first-order chi connectivity index (χ1) is 12.9. The highest BCUT2D eigenvalue weighted by Crippen LogP contribution is 2.37. The zero-order valence-electron chi connectivity index (χ0n) is 14.9. The number of rotatable bonds is 4. The molecular formula is C20H20BrFN2O3. The van der Waals surface area contributed by atoms with Gasteiger partial charge in [0.2, 0.25) is 11.8 Å². The lowest BCUT2D eigenvalue weighted by Gasteiger charge is -2.36. The summed E-state index contributed by atoms with van der Waals surface area (Å²) < 4.78 is 20.6. The Balaban J connectivity index is 1.91. The number of anilines is 2. The SMILES string of the molecule is CC(=O)Nc1ccc(F)c(NC(=O)C2(c3ccc(Br)cc3)CCOCC2)c1. The summed E-state index contributed by atoms with van der Waals surface area (Å²) in [6.07, 6.45) is 1.01. The standard InChI is InChI=1S/C20H20BrFN2O3/c1-13(25)23-16-6-7-17(22)18(12-16)24-19(26)20(8-10-27-11-9-20)14-2-4-15(21)5-3-14/h2-7,12H,8-11H2,1H3,(H,23,25)(H,24,26). The predicted molar refractivity (Wildman–Crippen MR) is 105 cm³/mol. The van der Waals surface area contributed by atoms with Gasteiger partial charge in [0.05, 0.1) is 11.1 Å². The fraction of sp³-hybridized carbons (Fsp3) is 0.300. The van der Waals surface area contributed by atoms with Crippen molar-refractivity contribution in [1.82, 2.24) is 0 Å². The van der Waals surface area contributed by atoms with Gasteiger partial charge in [-0.2, -0.15) is 0 Å². The third-order valence-electron chi connectivity index (χ3n) is 4.71. The Hall–Kier alpha value is -2.25. The highest BCUT2D eigenvalue weighted by molar-refractivity contribution is 9.10. The molecule has 0 spiro atoms. The first kappa shape index (κ1) is 19.5. The van der Waals surface area contributed by atoms with Crippen molar-refractivity contribution in [2.75, 3.05) is 23.8 Å². The molecule has 0 aliphatic carbocycles. The molecule has 142 valence electrons. The van der Waals surface area contributed by atoms with Crippen LogP contribution in [0.2, 0.25) is 0 Å². The van der Waals surface area contributed by atoms with Crippen LogP contribution < -0.4 is 10.6 Å². The van der Waals surface area contributed by atoms with Crippen LogP contribution in [0.25, 0.3) is 0 Å². The third kappa shape index (κ3) is 4.36. The third-order valence-corrected chi connectivity index (χ3v) is 5.24. The molecule has 0 atom stereocenters.